The molecule has 2 heterocycles. The van der Waals surface area contributed by atoms with Crippen molar-refractivity contribution in [2.45, 2.75) is 6.42 Å². The number of nitrogens with zero attached hydrogens (tertiary/aromatic N) is 1. The van der Waals surface area contributed by atoms with Crippen molar-refractivity contribution < 1.29 is 14.3 Å². The summed E-state index contributed by atoms with van der Waals surface area (Å²) in [5.74, 6) is -0.582. The molecule has 4 nitrogen and oxygen atoms in total. The smallest absolute Gasteiger partial charge is 0.229 e. The first kappa shape index (κ1) is 15.2. The lowest BCUT2D eigenvalue weighted by Crippen LogP contribution is -2.13. The minimum absolute atomic E-state index is 0.133. The number of phenolic OH excluding ortho intramolecular Hbond substituents is 1. The number of carbonyl (C=O) groups excluding carboxylic acids is 1. The minimum atomic E-state index is -0.539. The Bertz CT molecular complexity index is 848. The highest BCUT2D eigenvalue weighted by Crippen LogP contribution is 2.29. The van der Waals surface area contributed by atoms with Crippen molar-refractivity contribution >= 4 is 22.2 Å². The molecule has 3 aromatic rings. The number of hydrogen-bond donors (Lipinski definition) is 2. The molecule has 0 aliphatic carbocycles. The number of nitrogens with one attached hydrogen (secondary N) is 1. The predicted molar refractivity (Wildman–Crippen MR) is 87.9 cm³/mol. The number of aromatic hydroxyl groups is 1. The van der Waals surface area contributed by atoms with E-state index in [1.165, 1.54) is 23.6 Å². The Balaban J connectivity index is 1.68. The van der Waals surface area contributed by atoms with Gasteiger partial charge in [-0.05, 0) is 41.0 Å². The maximum atomic E-state index is 13.1. The van der Waals surface area contributed by atoms with E-state index in [-0.39, 0.29) is 18.1 Å². The van der Waals surface area contributed by atoms with Gasteiger partial charge in [-0.25, -0.2) is 4.98 Å². The molecular formula is C17H13FN2O2S. The Morgan fingerprint density at radius 2 is 2.09 bits per heavy atom. The van der Waals surface area contributed by atoms with Crippen molar-refractivity contribution in [1.82, 2.24) is 4.98 Å². The topological polar surface area (TPSA) is 62.2 Å². The van der Waals surface area contributed by atoms with Crippen LogP contribution in [0.15, 0.2) is 54.0 Å². The molecule has 0 aliphatic rings. The maximum absolute atomic E-state index is 13.1. The molecule has 0 fully saturated rings. The zero-order valence-electron chi connectivity index (χ0n) is 12.0. The van der Waals surface area contributed by atoms with E-state index in [1.54, 1.807) is 36.4 Å². The van der Waals surface area contributed by atoms with Gasteiger partial charge in [0.2, 0.25) is 11.9 Å². The molecule has 1 amide bonds. The summed E-state index contributed by atoms with van der Waals surface area (Å²) in [5.41, 5.74) is 2.27. The SMILES string of the molecule is O=C(Cc1cccc(O)c1)Nc1cc(-c2ccnc(F)c2)cs1. The molecule has 0 atom stereocenters. The van der Waals surface area contributed by atoms with Crippen LogP contribution in [0.3, 0.4) is 0 Å². The number of hydrogen-bond acceptors (Lipinski definition) is 4. The van der Waals surface area contributed by atoms with Gasteiger partial charge in [-0.1, -0.05) is 12.1 Å². The van der Waals surface area contributed by atoms with Gasteiger partial charge in [0.05, 0.1) is 11.4 Å². The van der Waals surface area contributed by atoms with Gasteiger partial charge in [0.1, 0.15) is 5.75 Å². The highest BCUT2D eigenvalue weighted by Gasteiger charge is 2.08. The number of halogens is 1. The van der Waals surface area contributed by atoms with Crippen LogP contribution in [-0.4, -0.2) is 16.0 Å². The highest BCUT2D eigenvalue weighted by molar-refractivity contribution is 7.14. The normalized spacial score (nSPS) is 10.5. The van der Waals surface area contributed by atoms with Gasteiger partial charge in [-0.3, -0.25) is 4.79 Å². The van der Waals surface area contributed by atoms with E-state index in [1.807, 2.05) is 5.38 Å². The van der Waals surface area contributed by atoms with Gasteiger partial charge in [0.15, 0.2) is 0 Å². The van der Waals surface area contributed by atoms with E-state index in [2.05, 4.69) is 10.3 Å². The van der Waals surface area contributed by atoms with Gasteiger partial charge < -0.3 is 10.4 Å². The standard InChI is InChI=1S/C17H13FN2O2S/c18-15-8-12(4-5-19-15)13-9-17(23-10-13)20-16(22)7-11-2-1-3-14(21)6-11/h1-6,8-10,21H,7H2,(H,20,22). The second kappa shape index (κ2) is 6.58. The number of thiophene rings is 1. The quantitative estimate of drug-likeness (QED) is 0.715. The molecule has 1 aromatic carbocycles. The molecule has 0 saturated heterocycles. The van der Waals surface area contributed by atoms with Crippen LogP contribution in [0.1, 0.15) is 5.56 Å². The Kier molecular flexibility index (Phi) is 4.34. The fourth-order valence-corrected chi connectivity index (χ4v) is 2.99. The number of pyridine rings is 1. The largest absolute Gasteiger partial charge is 0.508 e. The summed E-state index contributed by atoms with van der Waals surface area (Å²) < 4.78 is 13.1. The van der Waals surface area contributed by atoms with Gasteiger partial charge in [-0.15, -0.1) is 11.3 Å². The molecule has 2 N–H and O–H groups in total. The fraction of sp³-hybridized carbons (Fsp3) is 0.0588. The molecule has 0 spiro atoms. The number of carbonyl (C=O) groups is 1. The second-order valence-corrected chi connectivity index (χ2v) is 5.87. The van der Waals surface area contributed by atoms with Crippen molar-refractivity contribution in [1.29, 1.82) is 0 Å². The predicted octanol–water partition coefficient (Wildman–Crippen LogP) is 3.84. The van der Waals surface area contributed by atoms with Gasteiger partial charge in [0.25, 0.3) is 0 Å². The fourth-order valence-electron chi connectivity index (χ4n) is 2.17. The number of phenols is 1. The third-order valence-electron chi connectivity index (χ3n) is 3.20. The van der Waals surface area contributed by atoms with E-state index < -0.39 is 5.95 Å². The molecule has 116 valence electrons. The summed E-state index contributed by atoms with van der Waals surface area (Å²) in [6.07, 6.45) is 1.58. The van der Waals surface area contributed by atoms with Crippen molar-refractivity contribution in [2.75, 3.05) is 5.32 Å². The van der Waals surface area contributed by atoms with E-state index >= 15 is 0 Å². The van der Waals surface area contributed by atoms with Crippen LogP contribution in [0.5, 0.6) is 5.75 Å². The summed E-state index contributed by atoms with van der Waals surface area (Å²) in [6, 6.07) is 11.4. The first-order chi connectivity index (χ1) is 11.1. The number of amides is 1. The van der Waals surface area contributed by atoms with Gasteiger partial charge in [-0.2, -0.15) is 4.39 Å². The van der Waals surface area contributed by atoms with E-state index in [0.717, 1.165) is 11.1 Å². The van der Waals surface area contributed by atoms with Crippen LogP contribution in [0.25, 0.3) is 11.1 Å². The molecule has 0 saturated carbocycles. The van der Waals surface area contributed by atoms with Crippen molar-refractivity contribution in [3.63, 3.8) is 0 Å². The molecule has 0 aliphatic heterocycles. The lowest BCUT2D eigenvalue weighted by Gasteiger charge is -2.03. The first-order valence-corrected chi connectivity index (χ1v) is 7.76. The summed E-state index contributed by atoms with van der Waals surface area (Å²) in [6.45, 7) is 0. The summed E-state index contributed by atoms with van der Waals surface area (Å²) in [4.78, 5) is 15.6. The lowest BCUT2D eigenvalue weighted by atomic mass is 10.1. The van der Waals surface area contributed by atoms with Gasteiger partial charge >= 0.3 is 0 Å². The average molecular weight is 328 g/mol. The van der Waals surface area contributed by atoms with Crippen molar-refractivity contribution in [2.24, 2.45) is 0 Å². The second-order valence-electron chi connectivity index (χ2n) is 4.96. The number of benzene rings is 1. The molecule has 3 rings (SSSR count). The first-order valence-electron chi connectivity index (χ1n) is 6.88. The summed E-state index contributed by atoms with van der Waals surface area (Å²) in [7, 11) is 0. The Morgan fingerprint density at radius 1 is 1.22 bits per heavy atom. The maximum Gasteiger partial charge on any atom is 0.229 e. The van der Waals surface area contributed by atoms with E-state index in [4.69, 9.17) is 0 Å². The summed E-state index contributed by atoms with van der Waals surface area (Å²) in [5, 5.41) is 14.7. The molecule has 0 bridgehead atoms. The zero-order valence-corrected chi connectivity index (χ0v) is 12.8. The van der Waals surface area contributed by atoms with Crippen LogP contribution in [-0.2, 0) is 11.2 Å². The zero-order chi connectivity index (χ0) is 16.2. The third-order valence-corrected chi connectivity index (χ3v) is 4.04. The number of aromatic nitrogens is 1. The van der Waals surface area contributed by atoms with E-state index in [9.17, 15) is 14.3 Å². The van der Waals surface area contributed by atoms with Gasteiger partial charge in [0, 0.05) is 17.6 Å². The molecule has 0 radical (unpaired) electrons. The van der Waals surface area contributed by atoms with Crippen LogP contribution in [0.4, 0.5) is 9.39 Å². The molecule has 0 unspecified atom stereocenters. The molecule has 2 aromatic heterocycles. The van der Waals surface area contributed by atoms with Crippen LogP contribution >= 0.6 is 11.3 Å². The molecule has 23 heavy (non-hydrogen) atoms. The van der Waals surface area contributed by atoms with Crippen LogP contribution in [0, 0.1) is 5.95 Å². The lowest BCUT2D eigenvalue weighted by molar-refractivity contribution is -0.115. The number of anilines is 1. The Morgan fingerprint density at radius 3 is 2.87 bits per heavy atom. The third kappa shape index (κ3) is 3.92. The minimum Gasteiger partial charge on any atom is -0.508 e. The average Bonchev–Trinajstić information content (AvgIpc) is 2.95. The van der Waals surface area contributed by atoms with E-state index in [0.29, 0.717) is 10.6 Å². The Hall–Kier alpha value is -2.73. The van der Waals surface area contributed by atoms with Crippen LogP contribution in [0.2, 0.25) is 0 Å². The Labute approximate surface area is 136 Å². The molecular weight excluding hydrogens is 315 g/mol. The van der Waals surface area contributed by atoms with Crippen molar-refractivity contribution in [3.05, 3.63) is 65.6 Å². The monoisotopic (exact) mass is 328 g/mol. The highest BCUT2D eigenvalue weighted by atomic mass is 32.1. The summed E-state index contributed by atoms with van der Waals surface area (Å²) >= 11 is 1.37. The molecule has 6 heteroatoms. The van der Waals surface area contributed by atoms with Crippen molar-refractivity contribution in [3.8, 4) is 16.9 Å². The van der Waals surface area contributed by atoms with Crippen LogP contribution < -0.4 is 5.32 Å². The number of rotatable bonds is 4.